The topological polar surface area (TPSA) is 81.1 Å². The van der Waals surface area contributed by atoms with E-state index in [-0.39, 0.29) is 5.91 Å². The molecule has 4 nitrogen and oxygen atoms in total. The van der Waals surface area contributed by atoms with Crippen molar-refractivity contribution in [1.82, 2.24) is 5.43 Å². The summed E-state index contributed by atoms with van der Waals surface area (Å²) in [4.78, 5) is 13.1. The Morgan fingerprint density at radius 2 is 2.21 bits per heavy atom. The maximum absolute atomic E-state index is 11.5. The Morgan fingerprint density at radius 1 is 1.42 bits per heavy atom. The van der Waals surface area contributed by atoms with E-state index in [4.69, 9.17) is 23.2 Å². The lowest BCUT2D eigenvalue weighted by Gasteiger charge is -2.06. The van der Waals surface area contributed by atoms with Crippen molar-refractivity contribution in [3.05, 3.63) is 45.1 Å². The molecular weight excluding hydrogens is 302 g/mol. The molecule has 0 atom stereocenters. The molecule has 0 radical (unpaired) electrons. The van der Waals surface area contributed by atoms with Crippen LogP contribution in [0.3, 0.4) is 0 Å². The highest BCUT2D eigenvalue weighted by molar-refractivity contribution is 7.98. The van der Waals surface area contributed by atoms with E-state index in [1.165, 1.54) is 11.3 Å². The first kappa shape index (κ1) is 14.2. The van der Waals surface area contributed by atoms with Crippen molar-refractivity contribution in [2.45, 2.75) is 10.6 Å². The summed E-state index contributed by atoms with van der Waals surface area (Å²) < 4.78 is 0. The maximum atomic E-state index is 11.5. The van der Waals surface area contributed by atoms with Gasteiger partial charge >= 0.3 is 0 Å². The van der Waals surface area contributed by atoms with Gasteiger partial charge in [-0.1, -0.05) is 11.6 Å². The van der Waals surface area contributed by atoms with Crippen molar-refractivity contribution >= 4 is 46.3 Å². The molecular formula is C12H12ClN3OS2. The third-order valence-electron chi connectivity index (χ3n) is 2.44. The second-order valence-corrected chi connectivity index (χ2v) is 6.09. The Labute approximate surface area is 124 Å². The minimum absolute atomic E-state index is 0.269. The predicted molar refractivity (Wildman–Crippen MR) is 81.4 cm³/mol. The summed E-state index contributed by atoms with van der Waals surface area (Å²) in [5, 5.41) is 2.48. The molecule has 0 aliphatic carbocycles. The van der Waals surface area contributed by atoms with E-state index >= 15 is 0 Å². The number of carbonyl (C=O) groups excluding carboxylic acids is 1. The van der Waals surface area contributed by atoms with Gasteiger partial charge < -0.3 is 5.73 Å². The highest BCUT2D eigenvalue weighted by atomic mass is 35.5. The van der Waals surface area contributed by atoms with E-state index in [1.54, 1.807) is 23.9 Å². The Hall–Kier alpha value is -1.21. The van der Waals surface area contributed by atoms with Gasteiger partial charge in [-0.25, -0.2) is 5.84 Å². The Morgan fingerprint density at radius 3 is 2.89 bits per heavy atom. The molecule has 0 saturated carbocycles. The van der Waals surface area contributed by atoms with Gasteiger partial charge in [0, 0.05) is 21.4 Å². The van der Waals surface area contributed by atoms with Gasteiger partial charge in [-0.2, -0.15) is 0 Å². The second-order valence-electron chi connectivity index (χ2n) is 3.72. The van der Waals surface area contributed by atoms with Crippen LogP contribution in [0.15, 0.2) is 34.5 Å². The number of thioether (sulfide) groups is 1. The molecule has 1 aromatic carbocycles. The molecule has 2 aromatic rings. The lowest BCUT2D eigenvalue weighted by atomic mass is 10.3. The third kappa shape index (κ3) is 3.42. The molecule has 2 rings (SSSR count). The molecule has 1 heterocycles. The van der Waals surface area contributed by atoms with Gasteiger partial charge in [0.25, 0.3) is 5.91 Å². The van der Waals surface area contributed by atoms with Gasteiger partial charge in [0.15, 0.2) is 0 Å². The van der Waals surface area contributed by atoms with Crippen molar-refractivity contribution in [2.24, 2.45) is 5.84 Å². The smallest absolute Gasteiger partial charge is 0.275 e. The molecule has 0 spiro atoms. The van der Waals surface area contributed by atoms with E-state index in [2.05, 4.69) is 5.43 Å². The number of hydrogen-bond donors (Lipinski definition) is 3. The number of rotatable bonds is 4. The van der Waals surface area contributed by atoms with E-state index in [0.717, 1.165) is 10.5 Å². The van der Waals surface area contributed by atoms with Gasteiger partial charge in [0.1, 0.15) is 0 Å². The first-order valence-electron chi connectivity index (χ1n) is 5.37. The summed E-state index contributed by atoms with van der Waals surface area (Å²) in [5.41, 5.74) is 9.60. The second kappa shape index (κ2) is 6.29. The minimum Gasteiger partial charge on any atom is -0.398 e. The van der Waals surface area contributed by atoms with E-state index in [0.29, 0.717) is 21.3 Å². The van der Waals surface area contributed by atoms with Gasteiger partial charge in [0.2, 0.25) is 0 Å². The number of anilines is 1. The fourth-order valence-corrected chi connectivity index (χ4v) is 3.56. The lowest BCUT2D eigenvalue weighted by Crippen LogP contribution is -2.29. The zero-order chi connectivity index (χ0) is 13.8. The number of benzene rings is 1. The van der Waals surface area contributed by atoms with Crippen LogP contribution in [-0.2, 0) is 5.75 Å². The Bertz CT molecular complexity index is 600. The molecule has 0 bridgehead atoms. The fourth-order valence-electron chi connectivity index (χ4n) is 1.52. The predicted octanol–water partition coefficient (Wildman–Crippen LogP) is 2.88. The minimum atomic E-state index is -0.269. The van der Waals surface area contributed by atoms with Gasteiger partial charge in [-0.15, -0.1) is 23.1 Å². The van der Waals surface area contributed by atoms with Gasteiger partial charge in [0.05, 0.1) is 4.88 Å². The van der Waals surface area contributed by atoms with Crippen molar-refractivity contribution in [1.29, 1.82) is 0 Å². The van der Waals surface area contributed by atoms with Crippen molar-refractivity contribution in [2.75, 3.05) is 5.73 Å². The van der Waals surface area contributed by atoms with Crippen LogP contribution in [-0.4, -0.2) is 5.91 Å². The SMILES string of the molecule is NNC(=O)c1sccc1CSc1ccc(Cl)cc1N. The molecule has 100 valence electrons. The number of nitrogens with one attached hydrogen (secondary N) is 1. The molecule has 0 saturated heterocycles. The molecule has 0 fully saturated rings. The number of thiophene rings is 1. The van der Waals surface area contributed by atoms with E-state index in [9.17, 15) is 4.79 Å². The molecule has 7 heteroatoms. The number of amides is 1. The van der Waals surface area contributed by atoms with E-state index in [1.807, 2.05) is 17.5 Å². The summed E-state index contributed by atoms with van der Waals surface area (Å²) in [6.07, 6.45) is 0. The third-order valence-corrected chi connectivity index (χ3v) is 4.77. The van der Waals surface area contributed by atoms with Crippen LogP contribution in [0.1, 0.15) is 15.2 Å². The van der Waals surface area contributed by atoms with Gasteiger partial charge in [-0.3, -0.25) is 10.2 Å². The van der Waals surface area contributed by atoms with Crippen LogP contribution in [0.5, 0.6) is 0 Å². The average Bonchev–Trinajstić information content (AvgIpc) is 2.85. The molecule has 1 amide bonds. The number of hydrogen-bond acceptors (Lipinski definition) is 5. The number of nitrogen functional groups attached to an aromatic ring is 2. The highest BCUT2D eigenvalue weighted by Crippen LogP contribution is 2.32. The van der Waals surface area contributed by atoms with Crippen LogP contribution in [0.4, 0.5) is 5.69 Å². The zero-order valence-electron chi connectivity index (χ0n) is 9.85. The summed E-state index contributed by atoms with van der Waals surface area (Å²) in [6.45, 7) is 0. The monoisotopic (exact) mass is 313 g/mol. The molecule has 0 aliphatic heterocycles. The average molecular weight is 314 g/mol. The van der Waals surface area contributed by atoms with Crippen LogP contribution in [0, 0.1) is 0 Å². The highest BCUT2D eigenvalue weighted by Gasteiger charge is 2.12. The molecule has 5 N–H and O–H groups in total. The van der Waals surface area contributed by atoms with Crippen LogP contribution in [0.25, 0.3) is 0 Å². The van der Waals surface area contributed by atoms with Crippen LogP contribution >= 0.6 is 34.7 Å². The van der Waals surface area contributed by atoms with Crippen molar-refractivity contribution < 1.29 is 4.79 Å². The summed E-state index contributed by atoms with van der Waals surface area (Å²) in [7, 11) is 0. The molecule has 0 aliphatic rings. The van der Waals surface area contributed by atoms with Crippen LogP contribution < -0.4 is 17.0 Å². The summed E-state index contributed by atoms with van der Waals surface area (Å²) in [5.74, 6) is 5.53. The first-order chi connectivity index (χ1) is 9.11. The van der Waals surface area contributed by atoms with E-state index < -0.39 is 0 Å². The quantitative estimate of drug-likeness (QED) is 0.266. The van der Waals surface area contributed by atoms with Crippen molar-refractivity contribution in [3.63, 3.8) is 0 Å². The standard InChI is InChI=1S/C12H12ClN3OS2/c13-8-1-2-10(9(14)5-8)19-6-7-3-4-18-11(7)12(17)16-15/h1-5H,6,14-15H2,(H,16,17). The lowest BCUT2D eigenvalue weighted by molar-refractivity contribution is 0.0957. The molecule has 0 unspecified atom stereocenters. The normalized spacial score (nSPS) is 10.4. The first-order valence-corrected chi connectivity index (χ1v) is 7.61. The number of nitrogens with two attached hydrogens (primary N) is 2. The zero-order valence-corrected chi connectivity index (χ0v) is 12.2. The molecule has 19 heavy (non-hydrogen) atoms. The summed E-state index contributed by atoms with van der Waals surface area (Å²) >= 11 is 8.77. The summed E-state index contributed by atoms with van der Waals surface area (Å²) in [6, 6.07) is 7.29. The van der Waals surface area contributed by atoms with Crippen molar-refractivity contribution in [3.8, 4) is 0 Å². The Kier molecular flexibility index (Phi) is 4.71. The fraction of sp³-hybridized carbons (Fsp3) is 0.0833. The molecule has 1 aromatic heterocycles. The van der Waals surface area contributed by atoms with Crippen LogP contribution in [0.2, 0.25) is 5.02 Å². The number of halogens is 1. The van der Waals surface area contributed by atoms with Gasteiger partial charge in [-0.05, 0) is 35.2 Å². The number of hydrazine groups is 1. The Balaban J connectivity index is 2.10. The number of carbonyl (C=O) groups is 1. The maximum Gasteiger partial charge on any atom is 0.275 e. The largest absolute Gasteiger partial charge is 0.398 e.